The molecule has 0 spiro atoms. The van der Waals surface area contributed by atoms with Crippen molar-refractivity contribution in [1.82, 2.24) is 0 Å². The molecule has 0 heterocycles. The smallest absolute Gasteiger partial charge is 0.0862 e. The Morgan fingerprint density at radius 1 is 1.23 bits per heavy atom. The summed E-state index contributed by atoms with van der Waals surface area (Å²) in [7, 11) is 0. The first kappa shape index (κ1) is 10.2. The van der Waals surface area contributed by atoms with E-state index < -0.39 is 11.5 Å². The molecule has 1 atom stereocenters. The molecule has 0 radical (unpaired) electrons. The maximum absolute atomic E-state index is 9.89. The van der Waals surface area contributed by atoms with Crippen molar-refractivity contribution in [3.63, 3.8) is 0 Å². The lowest BCUT2D eigenvalue weighted by Gasteiger charge is -2.28. The number of hydrogen-bond donors (Lipinski definition) is 2. The average molecular weight is 180 g/mol. The van der Waals surface area contributed by atoms with Crippen molar-refractivity contribution < 1.29 is 10.2 Å². The third kappa shape index (κ3) is 2.29. The summed E-state index contributed by atoms with van der Waals surface area (Å²) in [6, 6.07) is 9.39. The van der Waals surface area contributed by atoms with E-state index in [9.17, 15) is 5.11 Å². The van der Waals surface area contributed by atoms with Crippen LogP contribution in [0.3, 0.4) is 0 Å². The predicted octanol–water partition coefficient (Wildman–Crippen LogP) is 1.74. The molecule has 2 N–H and O–H groups in total. The van der Waals surface area contributed by atoms with Crippen LogP contribution >= 0.6 is 0 Å². The Morgan fingerprint density at radius 3 is 2.23 bits per heavy atom. The molecule has 1 rings (SSSR count). The van der Waals surface area contributed by atoms with E-state index in [0.29, 0.717) is 0 Å². The van der Waals surface area contributed by atoms with Crippen molar-refractivity contribution in [2.45, 2.75) is 20.0 Å². The molecular weight excluding hydrogens is 164 g/mol. The highest BCUT2D eigenvalue weighted by molar-refractivity contribution is 5.19. The molecule has 0 saturated heterocycles. The topological polar surface area (TPSA) is 40.5 Å². The number of aliphatic hydroxyl groups is 2. The summed E-state index contributed by atoms with van der Waals surface area (Å²) in [4.78, 5) is 0. The van der Waals surface area contributed by atoms with Gasteiger partial charge >= 0.3 is 0 Å². The summed E-state index contributed by atoms with van der Waals surface area (Å²) in [5.41, 5.74) is 0.364. The molecular formula is C11H16O2. The highest BCUT2D eigenvalue weighted by Crippen LogP contribution is 2.32. The van der Waals surface area contributed by atoms with Crippen LogP contribution in [0, 0.1) is 5.41 Å². The van der Waals surface area contributed by atoms with E-state index in [1.54, 1.807) is 0 Å². The van der Waals surface area contributed by atoms with E-state index in [-0.39, 0.29) is 6.61 Å². The lowest BCUT2D eigenvalue weighted by atomic mass is 9.83. The minimum atomic E-state index is -0.612. The van der Waals surface area contributed by atoms with Crippen LogP contribution in [0.5, 0.6) is 0 Å². The Balaban J connectivity index is 2.85. The van der Waals surface area contributed by atoms with Crippen molar-refractivity contribution in [2.75, 3.05) is 6.61 Å². The summed E-state index contributed by atoms with van der Waals surface area (Å²) in [6.45, 7) is 3.65. The van der Waals surface area contributed by atoms with Gasteiger partial charge in [-0.25, -0.2) is 0 Å². The number of hydrogen-bond acceptors (Lipinski definition) is 2. The van der Waals surface area contributed by atoms with Crippen LogP contribution in [0.25, 0.3) is 0 Å². The van der Waals surface area contributed by atoms with Crippen LogP contribution in [0.1, 0.15) is 25.5 Å². The Hall–Kier alpha value is -0.860. The SMILES string of the molecule is CC(C)(CO)C(O)c1ccccc1. The van der Waals surface area contributed by atoms with Gasteiger partial charge in [-0.1, -0.05) is 44.2 Å². The van der Waals surface area contributed by atoms with E-state index in [2.05, 4.69) is 0 Å². The quantitative estimate of drug-likeness (QED) is 0.743. The van der Waals surface area contributed by atoms with Crippen LogP contribution < -0.4 is 0 Å². The first-order valence-corrected chi connectivity index (χ1v) is 4.42. The molecule has 13 heavy (non-hydrogen) atoms. The van der Waals surface area contributed by atoms with Crippen LogP contribution in [0.4, 0.5) is 0 Å². The van der Waals surface area contributed by atoms with Crippen molar-refractivity contribution in [1.29, 1.82) is 0 Å². The van der Waals surface area contributed by atoms with Gasteiger partial charge in [0, 0.05) is 5.41 Å². The normalized spacial score (nSPS) is 14.2. The third-order valence-electron chi connectivity index (χ3n) is 2.26. The second-order valence-corrected chi connectivity index (χ2v) is 3.96. The summed E-state index contributed by atoms with van der Waals surface area (Å²) in [6.07, 6.45) is -0.612. The molecule has 0 aliphatic heterocycles. The Kier molecular flexibility index (Phi) is 3.07. The fourth-order valence-corrected chi connectivity index (χ4v) is 1.17. The Labute approximate surface area is 78.8 Å². The minimum absolute atomic E-state index is 0.0247. The maximum Gasteiger partial charge on any atom is 0.0862 e. The molecule has 0 saturated carbocycles. The zero-order valence-corrected chi connectivity index (χ0v) is 8.07. The minimum Gasteiger partial charge on any atom is -0.396 e. The van der Waals surface area contributed by atoms with Crippen LogP contribution in [-0.2, 0) is 0 Å². The average Bonchev–Trinajstić information content (AvgIpc) is 2.18. The molecule has 1 unspecified atom stereocenters. The highest BCUT2D eigenvalue weighted by atomic mass is 16.3. The summed E-state index contributed by atoms with van der Waals surface area (Å²) >= 11 is 0. The van der Waals surface area contributed by atoms with Gasteiger partial charge in [-0.05, 0) is 5.56 Å². The van der Waals surface area contributed by atoms with Gasteiger partial charge in [-0.15, -0.1) is 0 Å². The fraction of sp³-hybridized carbons (Fsp3) is 0.455. The second-order valence-electron chi connectivity index (χ2n) is 3.96. The monoisotopic (exact) mass is 180 g/mol. The van der Waals surface area contributed by atoms with Crippen LogP contribution in [0.2, 0.25) is 0 Å². The van der Waals surface area contributed by atoms with Gasteiger partial charge in [0.2, 0.25) is 0 Å². The lowest BCUT2D eigenvalue weighted by molar-refractivity contribution is 0.00638. The number of rotatable bonds is 3. The second kappa shape index (κ2) is 3.90. The highest BCUT2D eigenvalue weighted by Gasteiger charge is 2.27. The summed E-state index contributed by atoms with van der Waals surface area (Å²) < 4.78 is 0. The number of benzene rings is 1. The van der Waals surface area contributed by atoms with Crippen molar-refractivity contribution in [3.8, 4) is 0 Å². The molecule has 0 bridgehead atoms. The van der Waals surface area contributed by atoms with E-state index >= 15 is 0 Å². The van der Waals surface area contributed by atoms with Gasteiger partial charge < -0.3 is 10.2 Å². The van der Waals surface area contributed by atoms with E-state index in [1.165, 1.54) is 0 Å². The zero-order chi connectivity index (χ0) is 9.90. The first-order valence-electron chi connectivity index (χ1n) is 4.42. The van der Waals surface area contributed by atoms with Crippen molar-refractivity contribution in [2.24, 2.45) is 5.41 Å². The Bertz CT molecular complexity index is 254. The van der Waals surface area contributed by atoms with E-state index in [0.717, 1.165) is 5.56 Å². The van der Waals surface area contributed by atoms with E-state index in [1.807, 2.05) is 44.2 Å². The van der Waals surface area contributed by atoms with Crippen LogP contribution in [-0.4, -0.2) is 16.8 Å². The van der Waals surface area contributed by atoms with Crippen LogP contribution in [0.15, 0.2) is 30.3 Å². The molecule has 0 aliphatic carbocycles. The van der Waals surface area contributed by atoms with Gasteiger partial charge in [0.05, 0.1) is 12.7 Å². The Morgan fingerprint density at radius 2 is 1.77 bits per heavy atom. The standard InChI is InChI=1S/C11H16O2/c1-11(2,8-12)10(13)9-6-4-3-5-7-9/h3-7,10,12-13H,8H2,1-2H3. The van der Waals surface area contributed by atoms with E-state index in [4.69, 9.17) is 5.11 Å². The van der Waals surface area contributed by atoms with Gasteiger partial charge in [0.1, 0.15) is 0 Å². The molecule has 0 aromatic heterocycles. The molecule has 0 amide bonds. The molecule has 1 aromatic carbocycles. The largest absolute Gasteiger partial charge is 0.396 e. The summed E-state index contributed by atoms with van der Waals surface area (Å²) in [5, 5.41) is 19.0. The first-order chi connectivity index (χ1) is 6.08. The van der Waals surface area contributed by atoms with Gasteiger partial charge in [0.15, 0.2) is 0 Å². The molecule has 0 aliphatic rings. The fourth-order valence-electron chi connectivity index (χ4n) is 1.17. The number of aliphatic hydroxyl groups excluding tert-OH is 2. The van der Waals surface area contributed by atoms with Gasteiger partial charge in [-0.3, -0.25) is 0 Å². The zero-order valence-electron chi connectivity index (χ0n) is 8.07. The predicted molar refractivity (Wildman–Crippen MR) is 52.3 cm³/mol. The van der Waals surface area contributed by atoms with Gasteiger partial charge in [-0.2, -0.15) is 0 Å². The van der Waals surface area contributed by atoms with Gasteiger partial charge in [0.25, 0.3) is 0 Å². The van der Waals surface area contributed by atoms with Crippen molar-refractivity contribution in [3.05, 3.63) is 35.9 Å². The molecule has 2 nitrogen and oxygen atoms in total. The third-order valence-corrected chi connectivity index (χ3v) is 2.26. The summed E-state index contributed by atoms with van der Waals surface area (Å²) in [5.74, 6) is 0. The molecule has 0 fully saturated rings. The molecule has 72 valence electrons. The molecule has 1 aromatic rings. The molecule has 2 heteroatoms. The maximum atomic E-state index is 9.89. The lowest BCUT2D eigenvalue weighted by Crippen LogP contribution is -2.25. The van der Waals surface area contributed by atoms with Crippen molar-refractivity contribution >= 4 is 0 Å².